The predicted molar refractivity (Wildman–Crippen MR) is 151 cm³/mol. The Bertz CT molecular complexity index is 1690. The average molecular weight is 545 g/mol. The van der Waals surface area contributed by atoms with Gasteiger partial charge in [0, 0.05) is 0 Å². The van der Waals surface area contributed by atoms with E-state index >= 15 is 0 Å². The number of nitriles is 1. The van der Waals surface area contributed by atoms with Crippen molar-refractivity contribution in [1.82, 2.24) is 4.57 Å². The minimum Gasteiger partial charge on any atom is -0.457 e. The molecular formula is C33H31F3N2O2. The van der Waals surface area contributed by atoms with Crippen LogP contribution in [0.15, 0.2) is 65.5 Å². The highest BCUT2D eigenvalue weighted by Gasteiger charge is 2.36. The third-order valence-electron chi connectivity index (χ3n) is 7.04. The van der Waals surface area contributed by atoms with Gasteiger partial charge in [0.15, 0.2) is 0 Å². The summed E-state index contributed by atoms with van der Waals surface area (Å²) in [5, 5.41) is 9.56. The van der Waals surface area contributed by atoms with Crippen LogP contribution >= 0.6 is 0 Å². The van der Waals surface area contributed by atoms with Crippen LogP contribution in [0.5, 0.6) is 11.5 Å². The van der Waals surface area contributed by atoms with Crippen molar-refractivity contribution in [3.05, 3.63) is 116 Å². The highest BCUT2D eigenvalue weighted by Crippen LogP contribution is 2.38. The lowest BCUT2D eigenvalue weighted by atomic mass is 9.96. The van der Waals surface area contributed by atoms with Gasteiger partial charge in [-0.3, -0.25) is 4.79 Å². The highest BCUT2D eigenvalue weighted by molar-refractivity contribution is 5.66. The van der Waals surface area contributed by atoms with Crippen LogP contribution in [0.1, 0.15) is 64.3 Å². The van der Waals surface area contributed by atoms with Crippen molar-refractivity contribution in [2.24, 2.45) is 0 Å². The molecule has 0 aliphatic heterocycles. The van der Waals surface area contributed by atoms with Gasteiger partial charge in [-0.15, -0.1) is 0 Å². The van der Waals surface area contributed by atoms with Gasteiger partial charge in [0.05, 0.1) is 17.8 Å². The first-order chi connectivity index (χ1) is 18.8. The molecule has 0 amide bonds. The summed E-state index contributed by atoms with van der Waals surface area (Å²) in [6, 6.07) is 19.2. The van der Waals surface area contributed by atoms with E-state index in [9.17, 15) is 23.2 Å². The number of nitrogens with zero attached hydrogens (tertiary/aromatic N) is 2. The molecule has 4 rings (SSSR count). The zero-order valence-corrected chi connectivity index (χ0v) is 23.4. The molecule has 3 aromatic carbocycles. The van der Waals surface area contributed by atoms with Crippen molar-refractivity contribution >= 4 is 0 Å². The number of benzene rings is 3. The van der Waals surface area contributed by atoms with Crippen LogP contribution in [0.25, 0.3) is 11.3 Å². The lowest BCUT2D eigenvalue weighted by Crippen LogP contribution is -2.29. The van der Waals surface area contributed by atoms with E-state index in [-0.39, 0.29) is 18.2 Å². The SMILES string of the molecule is Cc1ccc(Cn2c(-c3ccc(Oc4cc(C)ccc4C)c(C(C)C)c3)cc(C(F)(F)F)c(C#N)c2=O)c(C)c1. The van der Waals surface area contributed by atoms with Crippen LogP contribution < -0.4 is 10.3 Å². The van der Waals surface area contributed by atoms with E-state index in [0.717, 1.165) is 39.4 Å². The van der Waals surface area contributed by atoms with Crippen molar-refractivity contribution in [3.8, 4) is 28.8 Å². The molecule has 0 radical (unpaired) electrons. The Kier molecular flexibility index (Phi) is 7.93. The third-order valence-corrected chi connectivity index (χ3v) is 7.04. The van der Waals surface area contributed by atoms with Gasteiger partial charge in [-0.05, 0) is 97.3 Å². The summed E-state index contributed by atoms with van der Waals surface area (Å²) in [6.07, 6.45) is -4.87. The highest BCUT2D eigenvalue weighted by atomic mass is 19.4. The van der Waals surface area contributed by atoms with Gasteiger partial charge in [0.2, 0.25) is 0 Å². The number of hydrogen-bond acceptors (Lipinski definition) is 3. The minimum atomic E-state index is -4.87. The molecule has 7 heteroatoms. The minimum absolute atomic E-state index is 0.0187. The fourth-order valence-corrected chi connectivity index (χ4v) is 4.76. The number of alkyl halides is 3. The molecule has 0 N–H and O–H groups in total. The molecule has 0 atom stereocenters. The Morgan fingerprint density at radius 3 is 2.17 bits per heavy atom. The fraction of sp³-hybridized carbons (Fsp3) is 0.273. The summed E-state index contributed by atoms with van der Waals surface area (Å²) in [7, 11) is 0. The van der Waals surface area contributed by atoms with Gasteiger partial charge in [-0.2, -0.15) is 18.4 Å². The van der Waals surface area contributed by atoms with Crippen molar-refractivity contribution in [1.29, 1.82) is 5.26 Å². The van der Waals surface area contributed by atoms with E-state index in [1.807, 2.05) is 77.9 Å². The second-order valence-corrected chi connectivity index (χ2v) is 10.5. The van der Waals surface area contributed by atoms with Gasteiger partial charge >= 0.3 is 6.18 Å². The maximum absolute atomic E-state index is 14.0. The first-order valence-corrected chi connectivity index (χ1v) is 13.0. The number of aryl methyl sites for hydroxylation is 4. The largest absolute Gasteiger partial charge is 0.457 e. The monoisotopic (exact) mass is 544 g/mol. The molecule has 1 heterocycles. The van der Waals surface area contributed by atoms with Crippen LogP contribution in [-0.2, 0) is 12.7 Å². The number of hydrogen-bond donors (Lipinski definition) is 0. The molecule has 206 valence electrons. The average Bonchev–Trinajstić information content (AvgIpc) is 2.88. The number of ether oxygens (including phenoxy) is 1. The second-order valence-electron chi connectivity index (χ2n) is 10.5. The van der Waals surface area contributed by atoms with Gasteiger partial charge < -0.3 is 9.30 Å². The Labute approximate surface area is 232 Å². The van der Waals surface area contributed by atoms with E-state index < -0.39 is 22.9 Å². The molecule has 4 nitrogen and oxygen atoms in total. The van der Waals surface area contributed by atoms with Crippen LogP contribution in [-0.4, -0.2) is 4.57 Å². The number of pyridine rings is 1. The van der Waals surface area contributed by atoms with E-state index in [1.165, 1.54) is 10.6 Å². The molecule has 0 aliphatic carbocycles. The summed E-state index contributed by atoms with van der Waals surface area (Å²) < 4.78 is 49.7. The standard InChI is InChI=1S/C33H31F3N2O2/c1-19(2)26-15-24(11-12-30(26)40-31-14-21(4)7-9-22(31)5)29-16-28(33(34,35)36)27(17-37)32(39)38(29)18-25-10-8-20(3)13-23(25)6/h7-16,19H,18H2,1-6H3. The zero-order chi connectivity index (χ0) is 29.4. The molecular weight excluding hydrogens is 513 g/mol. The Balaban J connectivity index is 1.94. The molecule has 4 aromatic rings. The molecule has 0 fully saturated rings. The van der Waals surface area contributed by atoms with Crippen molar-refractivity contribution in [2.75, 3.05) is 0 Å². The summed E-state index contributed by atoms with van der Waals surface area (Å²) >= 11 is 0. The number of rotatable bonds is 6. The van der Waals surface area contributed by atoms with E-state index in [0.29, 0.717) is 17.1 Å². The summed E-state index contributed by atoms with van der Waals surface area (Å²) in [6.45, 7) is 11.7. The van der Waals surface area contributed by atoms with Crippen molar-refractivity contribution in [2.45, 2.75) is 60.2 Å². The summed E-state index contributed by atoms with van der Waals surface area (Å²) in [4.78, 5) is 13.5. The fourth-order valence-electron chi connectivity index (χ4n) is 4.76. The van der Waals surface area contributed by atoms with Gasteiger partial charge in [0.25, 0.3) is 5.56 Å². The van der Waals surface area contributed by atoms with Crippen molar-refractivity contribution < 1.29 is 17.9 Å². The lowest BCUT2D eigenvalue weighted by Gasteiger charge is -2.21. The number of aromatic nitrogens is 1. The van der Waals surface area contributed by atoms with Crippen molar-refractivity contribution in [3.63, 3.8) is 0 Å². The summed E-state index contributed by atoms with van der Waals surface area (Å²) in [5.41, 5.74) is 2.84. The van der Waals surface area contributed by atoms with Crippen LogP contribution in [0.4, 0.5) is 13.2 Å². The first kappa shape index (κ1) is 28.7. The van der Waals surface area contributed by atoms with Gasteiger partial charge in [-0.1, -0.05) is 49.7 Å². The van der Waals surface area contributed by atoms with E-state index in [4.69, 9.17) is 4.74 Å². The molecule has 0 spiro atoms. The van der Waals surface area contributed by atoms with Gasteiger partial charge in [0.1, 0.15) is 23.1 Å². The maximum Gasteiger partial charge on any atom is 0.417 e. The molecule has 0 aliphatic rings. The Morgan fingerprint density at radius 2 is 1.55 bits per heavy atom. The normalized spacial score (nSPS) is 11.5. The molecule has 40 heavy (non-hydrogen) atoms. The van der Waals surface area contributed by atoms with E-state index in [2.05, 4.69) is 0 Å². The molecule has 1 aromatic heterocycles. The molecule has 0 unspecified atom stereocenters. The Morgan fingerprint density at radius 1 is 0.875 bits per heavy atom. The van der Waals surface area contributed by atoms with Crippen LogP contribution in [0, 0.1) is 39.0 Å². The Hall–Kier alpha value is -4.31. The maximum atomic E-state index is 14.0. The predicted octanol–water partition coefficient (Wildman–Crippen LogP) is 8.60. The van der Waals surface area contributed by atoms with E-state index in [1.54, 1.807) is 18.2 Å². The van der Waals surface area contributed by atoms with Crippen LogP contribution in [0.3, 0.4) is 0 Å². The third kappa shape index (κ3) is 5.81. The molecule has 0 saturated heterocycles. The zero-order valence-electron chi connectivity index (χ0n) is 23.4. The lowest BCUT2D eigenvalue weighted by molar-refractivity contribution is -0.137. The smallest absolute Gasteiger partial charge is 0.417 e. The second kappa shape index (κ2) is 11.1. The quantitative estimate of drug-likeness (QED) is 0.244. The summed E-state index contributed by atoms with van der Waals surface area (Å²) in [5.74, 6) is 1.25. The molecule has 0 saturated carbocycles. The number of halogens is 3. The van der Waals surface area contributed by atoms with Gasteiger partial charge in [-0.25, -0.2) is 0 Å². The van der Waals surface area contributed by atoms with Crippen LogP contribution in [0.2, 0.25) is 0 Å². The first-order valence-electron chi connectivity index (χ1n) is 13.0. The topological polar surface area (TPSA) is 55.0 Å². The molecule has 0 bridgehead atoms.